The van der Waals surface area contributed by atoms with Gasteiger partial charge in [-0.2, -0.15) is 16.4 Å². The Hall–Kier alpha value is -2.41. The summed E-state index contributed by atoms with van der Waals surface area (Å²) in [5, 5.41) is 14.7. The van der Waals surface area contributed by atoms with Crippen LogP contribution in [0.1, 0.15) is 22.2 Å². The highest BCUT2D eigenvalue weighted by atomic mass is 32.1. The number of carbonyl (C=O) groups is 1. The lowest BCUT2D eigenvalue weighted by molar-refractivity contribution is 0.0912. The van der Waals surface area contributed by atoms with Gasteiger partial charge in [-0.15, -0.1) is 0 Å². The third-order valence-corrected chi connectivity index (χ3v) is 3.59. The van der Waals surface area contributed by atoms with Gasteiger partial charge in [0, 0.05) is 25.0 Å². The maximum absolute atomic E-state index is 11.9. The van der Waals surface area contributed by atoms with Gasteiger partial charge in [0.2, 0.25) is 5.76 Å². The minimum atomic E-state index is -0.283. The number of rotatable bonds is 5. The molecule has 0 spiro atoms. The second-order valence-electron chi connectivity index (χ2n) is 4.15. The molecule has 0 aliphatic carbocycles. The van der Waals surface area contributed by atoms with Gasteiger partial charge in [0.15, 0.2) is 0 Å². The fourth-order valence-electron chi connectivity index (χ4n) is 1.90. The van der Waals surface area contributed by atoms with Crippen molar-refractivity contribution < 1.29 is 9.32 Å². The average molecular weight is 288 g/mol. The fourth-order valence-corrected chi connectivity index (χ4v) is 2.61. The van der Waals surface area contributed by atoms with Crippen molar-refractivity contribution in [2.75, 3.05) is 6.54 Å². The predicted molar refractivity (Wildman–Crippen MR) is 73.5 cm³/mol. The summed E-state index contributed by atoms with van der Waals surface area (Å²) < 4.78 is 6.65. The Balaban J connectivity index is 1.73. The van der Waals surface area contributed by atoms with Crippen LogP contribution in [0.3, 0.4) is 0 Å². The molecule has 1 amide bonds. The highest BCUT2D eigenvalue weighted by molar-refractivity contribution is 7.07. The first-order valence-electron chi connectivity index (χ1n) is 6.04. The highest BCUT2D eigenvalue weighted by Crippen LogP contribution is 2.19. The fraction of sp³-hybridized carbons (Fsp3) is 0.154. The molecule has 3 aromatic rings. The molecule has 0 bridgehead atoms. The normalized spacial score (nSPS) is 12.2. The van der Waals surface area contributed by atoms with Crippen LogP contribution >= 0.6 is 11.3 Å². The van der Waals surface area contributed by atoms with E-state index in [9.17, 15) is 4.79 Å². The molecule has 102 valence electrons. The zero-order valence-electron chi connectivity index (χ0n) is 10.5. The third-order valence-electron chi connectivity index (χ3n) is 2.89. The smallest absolute Gasteiger partial charge is 0.289 e. The van der Waals surface area contributed by atoms with Gasteiger partial charge in [0.1, 0.15) is 0 Å². The molecule has 20 heavy (non-hydrogen) atoms. The minimum absolute atomic E-state index is 0.0388. The first-order chi connectivity index (χ1) is 9.84. The predicted octanol–water partition coefficient (Wildman–Crippen LogP) is 1.95. The number of amides is 1. The molecule has 0 fully saturated rings. The van der Waals surface area contributed by atoms with Crippen LogP contribution in [0.5, 0.6) is 0 Å². The molecule has 3 heterocycles. The second kappa shape index (κ2) is 5.70. The summed E-state index contributed by atoms with van der Waals surface area (Å²) in [6, 6.07) is 5.38. The largest absolute Gasteiger partial charge is 0.351 e. The lowest BCUT2D eigenvalue weighted by atomic mass is 10.1. The van der Waals surface area contributed by atoms with Crippen LogP contribution in [-0.2, 0) is 0 Å². The van der Waals surface area contributed by atoms with E-state index in [1.807, 2.05) is 33.8 Å². The summed E-state index contributed by atoms with van der Waals surface area (Å²) in [5.74, 6) is -0.0792. The van der Waals surface area contributed by atoms with Crippen molar-refractivity contribution in [3.05, 3.63) is 58.9 Å². The van der Waals surface area contributed by atoms with Gasteiger partial charge in [0.25, 0.3) is 5.91 Å². The summed E-state index contributed by atoms with van der Waals surface area (Å²) in [7, 11) is 0. The Morgan fingerprint density at radius 2 is 2.40 bits per heavy atom. The van der Waals surface area contributed by atoms with Crippen LogP contribution in [0.4, 0.5) is 0 Å². The molecule has 0 aromatic carbocycles. The number of nitrogens with one attached hydrogen (secondary N) is 1. The molecule has 7 heteroatoms. The zero-order valence-corrected chi connectivity index (χ0v) is 11.3. The molecule has 6 nitrogen and oxygen atoms in total. The molecule has 1 N–H and O–H groups in total. The molecule has 0 aliphatic heterocycles. The maximum atomic E-state index is 11.9. The average Bonchev–Trinajstić information content (AvgIpc) is 3.22. The van der Waals surface area contributed by atoms with Gasteiger partial charge in [-0.05, 0) is 28.5 Å². The molecule has 3 aromatic heterocycles. The summed E-state index contributed by atoms with van der Waals surface area (Å²) >= 11 is 1.61. The van der Waals surface area contributed by atoms with E-state index in [1.54, 1.807) is 17.5 Å². The Morgan fingerprint density at radius 3 is 3.05 bits per heavy atom. The van der Waals surface area contributed by atoms with Gasteiger partial charge in [-0.25, -0.2) is 0 Å². The van der Waals surface area contributed by atoms with Crippen molar-refractivity contribution >= 4 is 17.2 Å². The van der Waals surface area contributed by atoms with Crippen LogP contribution in [0.15, 0.2) is 52.1 Å². The number of carbonyl (C=O) groups excluding carboxylic acids is 1. The molecular formula is C13H12N4O2S. The third kappa shape index (κ3) is 2.62. The van der Waals surface area contributed by atoms with E-state index in [1.165, 1.54) is 12.3 Å². The van der Waals surface area contributed by atoms with E-state index in [-0.39, 0.29) is 17.7 Å². The Labute approximate surface area is 119 Å². The van der Waals surface area contributed by atoms with Crippen LogP contribution in [-0.4, -0.2) is 27.4 Å². The highest BCUT2D eigenvalue weighted by Gasteiger charge is 2.17. The lowest BCUT2D eigenvalue weighted by Gasteiger charge is -2.16. The van der Waals surface area contributed by atoms with E-state index in [2.05, 4.69) is 15.6 Å². The van der Waals surface area contributed by atoms with Crippen LogP contribution in [0.25, 0.3) is 0 Å². The Kier molecular flexibility index (Phi) is 3.60. The first-order valence-corrected chi connectivity index (χ1v) is 6.99. The van der Waals surface area contributed by atoms with Crippen LogP contribution in [0, 0.1) is 0 Å². The van der Waals surface area contributed by atoms with Crippen molar-refractivity contribution in [3.63, 3.8) is 0 Å². The lowest BCUT2D eigenvalue weighted by Crippen LogP contribution is -2.31. The van der Waals surface area contributed by atoms with Crippen molar-refractivity contribution in [2.24, 2.45) is 0 Å². The van der Waals surface area contributed by atoms with E-state index in [0.717, 1.165) is 5.56 Å². The molecule has 0 aliphatic rings. The molecule has 1 atom stereocenters. The molecule has 0 saturated heterocycles. The van der Waals surface area contributed by atoms with E-state index in [0.29, 0.717) is 6.54 Å². The standard InChI is InChI=1S/C13H12N4O2S/c18-13(12-2-5-16-19-12)14-8-11(10-3-7-20-9-10)17-6-1-4-15-17/h1-7,9,11H,8H2,(H,14,18). The molecule has 0 saturated carbocycles. The Morgan fingerprint density at radius 1 is 1.45 bits per heavy atom. The topological polar surface area (TPSA) is 73.0 Å². The second-order valence-corrected chi connectivity index (χ2v) is 4.93. The van der Waals surface area contributed by atoms with Crippen molar-refractivity contribution in [3.8, 4) is 0 Å². The van der Waals surface area contributed by atoms with Crippen LogP contribution in [0.2, 0.25) is 0 Å². The monoisotopic (exact) mass is 288 g/mol. The molecular weight excluding hydrogens is 276 g/mol. The van der Waals surface area contributed by atoms with Gasteiger partial charge < -0.3 is 9.84 Å². The van der Waals surface area contributed by atoms with Crippen molar-refractivity contribution in [1.29, 1.82) is 0 Å². The number of aromatic nitrogens is 3. The number of hydrogen-bond acceptors (Lipinski definition) is 5. The summed E-state index contributed by atoms with van der Waals surface area (Å²) in [6.07, 6.45) is 5.04. The number of hydrogen-bond donors (Lipinski definition) is 1. The van der Waals surface area contributed by atoms with E-state index < -0.39 is 0 Å². The maximum Gasteiger partial charge on any atom is 0.289 e. The molecule has 3 rings (SSSR count). The van der Waals surface area contributed by atoms with Crippen molar-refractivity contribution in [2.45, 2.75) is 6.04 Å². The van der Waals surface area contributed by atoms with Gasteiger partial charge >= 0.3 is 0 Å². The number of nitrogens with zero attached hydrogens (tertiary/aromatic N) is 3. The van der Waals surface area contributed by atoms with Crippen molar-refractivity contribution in [1.82, 2.24) is 20.3 Å². The van der Waals surface area contributed by atoms with Gasteiger partial charge in [0.05, 0.1) is 12.2 Å². The van der Waals surface area contributed by atoms with Gasteiger partial charge in [-0.3, -0.25) is 9.48 Å². The molecule has 0 radical (unpaired) electrons. The summed E-state index contributed by atoms with van der Waals surface area (Å²) in [4.78, 5) is 11.9. The first kappa shape index (κ1) is 12.6. The van der Waals surface area contributed by atoms with Crippen LogP contribution < -0.4 is 5.32 Å². The van der Waals surface area contributed by atoms with E-state index >= 15 is 0 Å². The quantitative estimate of drug-likeness (QED) is 0.779. The van der Waals surface area contributed by atoms with Gasteiger partial charge in [-0.1, -0.05) is 5.16 Å². The Bertz CT molecular complexity index is 612. The van der Waals surface area contributed by atoms with E-state index in [4.69, 9.17) is 4.52 Å². The zero-order chi connectivity index (χ0) is 13.8. The minimum Gasteiger partial charge on any atom is -0.351 e. The SMILES string of the molecule is O=C(NCC(c1ccsc1)n1cccn1)c1ccno1. The number of thiophene rings is 1. The summed E-state index contributed by atoms with van der Waals surface area (Å²) in [5.41, 5.74) is 1.11. The molecule has 1 unspecified atom stereocenters. The summed E-state index contributed by atoms with van der Waals surface area (Å²) in [6.45, 7) is 0.429.